The third-order valence-electron chi connectivity index (χ3n) is 3.06. The Kier molecular flexibility index (Phi) is 6.60. The summed E-state index contributed by atoms with van der Waals surface area (Å²) in [4.78, 5) is 0. The molecular formula is C16H22O3S. The molecule has 1 atom stereocenters. The monoisotopic (exact) mass is 294 g/mol. The summed E-state index contributed by atoms with van der Waals surface area (Å²) in [6.45, 7) is 4.13. The highest BCUT2D eigenvalue weighted by Crippen LogP contribution is 2.22. The van der Waals surface area contributed by atoms with Crippen LogP contribution in [0.2, 0.25) is 0 Å². The fourth-order valence-electron chi connectivity index (χ4n) is 1.96. The van der Waals surface area contributed by atoms with Crippen molar-refractivity contribution < 1.29 is 13.2 Å². The number of unbranched alkanes of at least 4 members (excludes halogenated alkanes) is 1. The first-order chi connectivity index (χ1) is 9.48. The van der Waals surface area contributed by atoms with E-state index in [9.17, 15) is 8.42 Å². The number of hydrogen-bond acceptors (Lipinski definition) is 3. The number of terminal acetylenes is 1. The first kappa shape index (κ1) is 16.6. The van der Waals surface area contributed by atoms with Gasteiger partial charge in [-0.3, -0.25) is 0 Å². The van der Waals surface area contributed by atoms with Crippen molar-refractivity contribution >= 4 is 9.84 Å². The molecule has 0 N–H and O–H groups in total. The van der Waals surface area contributed by atoms with E-state index >= 15 is 0 Å². The molecule has 3 nitrogen and oxygen atoms in total. The standard InChI is InChI=1S/C16H22O3S/c1-4-6-11-20(17,18)13-14(3)15-8-7-9-16(12-15)19-10-5-2/h2,7-9,12,14H,4,6,10-11,13H2,1,3H3/t14-/m0/s1. The predicted molar refractivity (Wildman–Crippen MR) is 82.7 cm³/mol. The summed E-state index contributed by atoms with van der Waals surface area (Å²) in [6.07, 6.45) is 6.76. The molecule has 0 spiro atoms. The van der Waals surface area contributed by atoms with E-state index in [0.29, 0.717) is 5.75 Å². The zero-order valence-electron chi connectivity index (χ0n) is 12.1. The van der Waals surface area contributed by atoms with Gasteiger partial charge in [0.15, 0.2) is 9.84 Å². The molecule has 0 aliphatic carbocycles. The maximum absolute atomic E-state index is 12.0. The topological polar surface area (TPSA) is 43.4 Å². The normalized spacial score (nSPS) is 12.7. The van der Waals surface area contributed by atoms with Crippen LogP contribution in [0.4, 0.5) is 0 Å². The van der Waals surface area contributed by atoms with Gasteiger partial charge in [0.05, 0.1) is 11.5 Å². The van der Waals surface area contributed by atoms with Crippen LogP contribution in [0, 0.1) is 12.3 Å². The molecule has 20 heavy (non-hydrogen) atoms. The highest BCUT2D eigenvalue weighted by Gasteiger charge is 2.17. The first-order valence-electron chi connectivity index (χ1n) is 6.85. The Morgan fingerprint density at radius 3 is 2.80 bits per heavy atom. The number of benzene rings is 1. The molecule has 0 aliphatic heterocycles. The lowest BCUT2D eigenvalue weighted by Crippen LogP contribution is -2.16. The minimum atomic E-state index is -2.99. The summed E-state index contributed by atoms with van der Waals surface area (Å²) in [6, 6.07) is 7.45. The summed E-state index contributed by atoms with van der Waals surface area (Å²) in [5.41, 5.74) is 0.958. The van der Waals surface area contributed by atoms with Crippen LogP contribution in [0.5, 0.6) is 5.75 Å². The molecule has 0 aromatic heterocycles. The van der Waals surface area contributed by atoms with E-state index in [4.69, 9.17) is 11.2 Å². The highest BCUT2D eigenvalue weighted by molar-refractivity contribution is 7.91. The number of ether oxygens (including phenoxy) is 1. The van der Waals surface area contributed by atoms with Crippen LogP contribution < -0.4 is 4.74 Å². The maximum atomic E-state index is 12.0. The van der Waals surface area contributed by atoms with Crippen molar-refractivity contribution in [2.24, 2.45) is 0 Å². The summed E-state index contributed by atoms with van der Waals surface area (Å²) in [5, 5.41) is 0. The molecule has 0 saturated heterocycles. The molecule has 0 fully saturated rings. The van der Waals surface area contributed by atoms with Crippen molar-refractivity contribution in [3.05, 3.63) is 29.8 Å². The first-order valence-corrected chi connectivity index (χ1v) is 8.67. The third-order valence-corrected chi connectivity index (χ3v) is 4.98. The van der Waals surface area contributed by atoms with Gasteiger partial charge in [-0.15, -0.1) is 6.42 Å². The van der Waals surface area contributed by atoms with Gasteiger partial charge in [-0.1, -0.05) is 38.3 Å². The van der Waals surface area contributed by atoms with E-state index < -0.39 is 9.84 Å². The summed E-state index contributed by atoms with van der Waals surface area (Å²) < 4.78 is 29.3. The fraction of sp³-hybridized carbons (Fsp3) is 0.500. The molecule has 0 aliphatic rings. The minimum Gasteiger partial charge on any atom is -0.481 e. The number of hydrogen-bond donors (Lipinski definition) is 0. The van der Waals surface area contributed by atoms with Crippen molar-refractivity contribution in [3.63, 3.8) is 0 Å². The second kappa shape index (κ2) is 7.96. The summed E-state index contributed by atoms with van der Waals surface area (Å²) in [5.74, 6) is 3.47. The van der Waals surface area contributed by atoms with E-state index in [2.05, 4.69) is 5.92 Å². The van der Waals surface area contributed by atoms with Crippen LogP contribution in [0.15, 0.2) is 24.3 Å². The van der Waals surface area contributed by atoms with E-state index in [1.807, 2.05) is 38.1 Å². The lowest BCUT2D eigenvalue weighted by atomic mass is 10.0. The van der Waals surface area contributed by atoms with Crippen molar-refractivity contribution in [1.29, 1.82) is 0 Å². The molecule has 0 saturated carbocycles. The lowest BCUT2D eigenvalue weighted by molar-refractivity contribution is 0.370. The SMILES string of the molecule is C#CCOc1cccc([C@@H](C)CS(=O)(=O)CCCC)c1. The Hall–Kier alpha value is -1.47. The van der Waals surface area contributed by atoms with Gasteiger partial charge >= 0.3 is 0 Å². The largest absolute Gasteiger partial charge is 0.481 e. The van der Waals surface area contributed by atoms with E-state index in [0.717, 1.165) is 18.4 Å². The number of rotatable bonds is 8. The second-order valence-electron chi connectivity index (χ2n) is 4.93. The fourth-order valence-corrected chi connectivity index (χ4v) is 3.81. The van der Waals surface area contributed by atoms with Crippen LogP contribution >= 0.6 is 0 Å². The third kappa shape index (κ3) is 5.66. The summed E-state index contributed by atoms with van der Waals surface area (Å²) >= 11 is 0. The molecule has 0 heterocycles. The van der Waals surface area contributed by atoms with E-state index in [1.165, 1.54) is 0 Å². The zero-order chi connectivity index (χ0) is 15.0. The van der Waals surface area contributed by atoms with Gasteiger partial charge in [-0.2, -0.15) is 0 Å². The van der Waals surface area contributed by atoms with Gasteiger partial charge in [-0.05, 0) is 30.0 Å². The van der Waals surface area contributed by atoms with Crippen LogP contribution in [0.3, 0.4) is 0 Å². The van der Waals surface area contributed by atoms with Crippen LogP contribution in [0.1, 0.15) is 38.2 Å². The Labute approximate surface area is 122 Å². The minimum absolute atomic E-state index is 0.0498. The van der Waals surface area contributed by atoms with E-state index in [1.54, 1.807) is 0 Å². The van der Waals surface area contributed by atoms with Crippen LogP contribution in [-0.4, -0.2) is 26.5 Å². The average Bonchev–Trinajstić information content (AvgIpc) is 2.43. The molecule has 0 bridgehead atoms. The molecule has 0 amide bonds. The van der Waals surface area contributed by atoms with Crippen molar-refractivity contribution in [2.45, 2.75) is 32.6 Å². The molecule has 4 heteroatoms. The smallest absolute Gasteiger partial charge is 0.150 e. The van der Waals surface area contributed by atoms with Crippen LogP contribution in [0.25, 0.3) is 0 Å². The van der Waals surface area contributed by atoms with Gasteiger partial charge < -0.3 is 4.74 Å². The zero-order valence-corrected chi connectivity index (χ0v) is 12.9. The molecule has 1 aromatic carbocycles. The maximum Gasteiger partial charge on any atom is 0.150 e. The van der Waals surface area contributed by atoms with Crippen LogP contribution in [-0.2, 0) is 9.84 Å². The molecular weight excluding hydrogens is 272 g/mol. The Bertz CT molecular complexity index is 555. The quantitative estimate of drug-likeness (QED) is 0.692. The van der Waals surface area contributed by atoms with Crippen molar-refractivity contribution in [2.75, 3.05) is 18.1 Å². The summed E-state index contributed by atoms with van der Waals surface area (Å²) in [7, 11) is -2.99. The molecule has 0 radical (unpaired) electrons. The van der Waals surface area contributed by atoms with Gasteiger partial charge in [0.25, 0.3) is 0 Å². The molecule has 110 valence electrons. The highest BCUT2D eigenvalue weighted by atomic mass is 32.2. The van der Waals surface area contributed by atoms with Gasteiger partial charge in [0, 0.05) is 0 Å². The van der Waals surface area contributed by atoms with Gasteiger partial charge in [0.1, 0.15) is 12.4 Å². The predicted octanol–water partition coefficient (Wildman–Crippen LogP) is 3.02. The second-order valence-corrected chi connectivity index (χ2v) is 7.16. The number of sulfone groups is 1. The van der Waals surface area contributed by atoms with Gasteiger partial charge in [0.2, 0.25) is 0 Å². The Morgan fingerprint density at radius 1 is 1.40 bits per heavy atom. The van der Waals surface area contributed by atoms with Crippen molar-refractivity contribution in [1.82, 2.24) is 0 Å². The Morgan fingerprint density at radius 2 is 2.15 bits per heavy atom. The average molecular weight is 294 g/mol. The Balaban J connectivity index is 2.72. The van der Waals surface area contributed by atoms with E-state index in [-0.39, 0.29) is 24.0 Å². The molecule has 1 rings (SSSR count). The molecule has 1 aromatic rings. The lowest BCUT2D eigenvalue weighted by Gasteiger charge is -2.13. The van der Waals surface area contributed by atoms with Crippen molar-refractivity contribution in [3.8, 4) is 18.1 Å². The molecule has 0 unspecified atom stereocenters. The van der Waals surface area contributed by atoms with Gasteiger partial charge in [-0.25, -0.2) is 8.42 Å².